The topological polar surface area (TPSA) is 25.2 Å². The maximum atomic E-state index is 6.25. The summed E-state index contributed by atoms with van der Waals surface area (Å²) in [4.78, 5) is 9.28. The van der Waals surface area contributed by atoms with Crippen molar-refractivity contribution in [2.75, 3.05) is 0 Å². The monoisotopic (exact) mass is 506 g/mol. The molecule has 7 heteroatoms. The van der Waals surface area contributed by atoms with E-state index in [4.69, 9.17) is 28.2 Å². The summed E-state index contributed by atoms with van der Waals surface area (Å²) < 4.78 is 3.17. The van der Waals surface area contributed by atoms with E-state index in [0.29, 0.717) is 5.02 Å². The number of fused-ring (bicyclic) bond motifs is 1. The van der Waals surface area contributed by atoms with Crippen LogP contribution >= 0.6 is 62.2 Å². The van der Waals surface area contributed by atoms with Gasteiger partial charge in [0, 0.05) is 26.5 Å². The highest BCUT2D eigenvalue weighted by molar-refractivity contribution is 9.10. The first-order valence-electron chi connectivity index (χ1n) is 8.34. The Hall–Kier alpha value is -1.37. The molecular weight excluding hydrogens is 495 g/mol. The molecule has 0 atom stereocenters. The van der Waals surface area contributed by atoms with Gasteiger partial charge >= 0.3 is 0 Å². The van der Waals surface area contributed by atoms with Crippen LogP contribution in [-0.2, 0) is 5.75 Å². The number of benzene rings is 3. The van der Waals surface area contributed by atoms with Crippen molar-refractivity contribution in [1.82, 2.24) is 4.98 Å². The fraction of sp³-hybridized carbons (Fsp3) is 0.0476. The van der Waals surface area contributed by atoms with Crippen LogP contribution in [0.3, 0.4) is 0 Å². The summed E-state index contributed by atoms with van der Waals surface area (Å²) in [5.74, 6) is 0.730. The van der Waals surface area contributed by atoms with Gasteiger partial charge in [-0.25, -0.2) is 4.98 Å². The number of hydrogen-bond acceptors (Lipinski definition) is 4. The van der Waals surface area contributed by atoms with Crippen molar-refractivity contribution in [1.29, 1.82) is 0 Å². The molecule has 0 aliphatic heterocycles. The first-order valence-corrected chi connectivity index (χ1v) is 11.7. The number of thioether (sulfide) groups is 1. The molecule has 3 aromatic carbocycles. The number of hydrogen-bond donors (Lipinski definition) is 0. The fourth-order valence-electron chi connectivity index (χ4n) is 2.53. The van der Waals surface area contributed by atoms with E-state index in [1.807, 2.05) is 54.7 Å². The minimum absolute atomic E-state index is 0.692. The highest BCUT2D eigenvalue weighted by Gasteiger charge is 2.08. The second-order valence-corrected chi connectivity index (χ2v) is 9.98. The lowest BCUT2D eigenvalue weighted by molar-refractivity contribution is 1.29. The third kappa shape index (κ3) is 4.97. The van der Waals surface area contributed by atoms with Crippen molar-refractivity contribution >= 4 is 84.3 Å². The Labute approximate surface area is 189 Å². The predicted octanol–water partition coefficient (Wildman–Crippen LogP) is 8.41. The van der Waals surface area contributed by atoms with Gasteiger partial charge < -0.3 is 0 Å². The highest BCUT2D eigenvalue weighted by atomic mass is 79.9. The second-order valence-electron chi connectivity index (χ2n) is 5.97. The minimum atomic E-state index is 0.692. The normalized spacial score (nSPS) is 11.5. The summed E-state index contributed by atoms with van der Waals surface area (Å²) in [6.45, 7) is 0. The summed E-state index contributed by atoms with van der Waals surface area (Å²) in [7, 11) is 0. The van der Waals surface area contributed by atoms with Crippen LogP contribution in [-0.4, -0.2) is 11.2 Å². The molecule has 0 saturated carbocycles. The molecule has 4 aromatic rings. The van der Waals surface area contributed by atoms with Crippen LogP contribution < -0.4 is 0 Å². The van der Waals surface area contributed by atoms with Crippen molar-refractivity contribution in [3.63, 3.8) is 0 Å². The summed E-state index contributed by atoms with van der Waals surface area (Å²) in [5.41, 5.74) is 3.96. The van der Waals surface area contributed by atoms with E-state index < -0.39 is 0 Å². The number of aliphatic imine (C=N–C) groups is 1. The van der Waals surface area contributed by atoms with Gasteiger partial charge in [0.2, 0.25) is 0 Å². The van der Waals surface area contributed by atoms with E-state index in [2.05, 4.69) is 27.0 Å². The SMILES string of the molecule is Clc1ccc(Cl)c(CSc2nc3ccc(N=Cc4ccc(Br)cc4)cc3s2)c1. The minimum Gasteiger partial charge on any atom is -0.256 e. The van der Waals surface area contributed by atoms with Gasteiger partial charge in [-0.1, -0.05) is 63.0 Å². The van der Waals surface area contributed by atoms with Crippen molar-refractivity contribution in [2.45, 2.75) is 10.1 Å². The lowest BCUT2D eigenvalue weighted by Crippen LogP contribution is -1.82. The average molecular weight is 508 g/mol. The van der Waals surface area contributed by atoms with Gasteiger partial charge in [-0.15, -0.1) is 11.3 Å². The second kappa shape index (κ2) is 8.97. The van der Waals surface area contributed by atoms with Gasteiger partial charge in [0.15, 0.2) is 4.34 Å². The Balaban J connectivity index is 1.50. The predicted molar refractivity (Wildman–Crippen MR) is 127 cm³/mol. The molecule has 0 radical (unpaired) electrons. The molecule has 0 spiro atoms. The molecule has 0 unspecified atom stereocenters. The van der Waals surface area contributed by atoms with Crippen LogP contribution in [0.25, 0.3) is 10.2 Å². The first-order chi connectivity index (χ1) is 13.6. The van der Waals surface area contributed by atoms with Crippen molar-refractivity contribution in [3.8, 4) is 0 Å². The smallest absolute Gasteiger partial charge is 0.151 e. The Kier molecular flexibility index (Phi) is 6.38. The van der Waals surface area contributed by atoms with Crippen molar-refractivity contribution in [3.05, 3.63) is 86.3 Å². The summed E-state index contributed by atoms with van der Waals surface area (Å²) in [5, 5.41) is 1.42. The highest BCUT2D eigenvalue weighted by Crippen LogP contribution is 2.35. The molecule has 4 rings (SSSR count). The lowest BCUT2D eigenvalue weighted by Gasteiger charge is -2.02. The molecule has 0 fully saturated rings. The molecule has 0 amide bonds. The van der Waals surface area contributed by atoms with Gasteiger partial charge in [-0.2, -0.15) is 0 Å². The summed E-state index contributed by atoms with van der Waals surface area (Å²) in [6, 6.07) is 19.6. The maximum absolute atomic E-state index is 6.25. The molecule has 1 aromatic heterocycles. The molecule has 2 nitrogen and oxygen atoms in total. The molecular formula is C21H13BrCl2N2S2. The summed E-state index contributed by atoms with van der Waals surface area (Å²) >= 11 is 19.1. The molecule has 28 heavy (non-hydrogen) atoms. The van der Waals surface area contributed by atoms with Gasteiger partial charge in [0.25, 0.3) is 0 Å². The van der Waals surface area contributed by atoms with Gasteiger partial charge in [0.05, 0.1) is 15.9 Å². The number of nitrogens with zero attached hydrogens (tertiary/aromatic N) is 2. The van der Waals surface area contributed by atoms with E-state index >= 15 is 0 Å². The number of thiazole rings is 1. The Morgan fingerprint density at radius 2 is 1.86 bits per heavy atom. The first kappa shape index (κ1) is 19.9. The molecule has 0 saturated heterocycles. The van der Waals surface area contributed by atoms with Gasteiger partial charge in [-0.3, -0.25) is 4.99 Å². The standard InChI is InChI=1S/C21H13BrCl2N2S2/c22-15-3-1-13(2-4-15)11-25-17-6-8-19-20(10-17)28-21(26-19)27-12-14-9-16(23)5-7-18(14)24/h1-11H,12H2. The van der Waals surface area contributed by atoms with E-state index in [1.165, 1.54) is 0 Å². The van der Waals surface area contributed by atoms with E-state index in [9.17, 15) is 0 Å². The Morgan fingerprint density at radius 1 is 1.04 bits per heavy atom. The zero-order valence-electron chi connectivity index (χ0n) is 14.4. The zero-order valence-corrected chi connectivity index (χ0v) is 19.1. The van der Waals surface area contributed by atoms with Crippen LogP contribution in [0.2, 0.25) is 10.0 Å². The summed E-state index contributed by atoms with van der Waals surface area (Å²) in [6.07, 6.45) is 1.87. The van der Waals surface area contributed by atoms with Crippen LogP contribution in [0.1, 0.15) is 11.1 Å². The van der Waals surface area contributed by atoms with Crippen molar-refractivity contribution < 1.29 is 0 Å². The Bertz CT molecular complexity index is 1160. The van der Waals surface area contributed by atoms with Crippen molar-refractivity contribution in [2.24, 2.45) is 4.99 Å². The fourth-order valence-corrected chi connectivity index (χ4v) is 5.34. The molecule has 0 aliphatic carbocycles. The van der Waals surface area contributed by atoms with Gasteiger partial charge in [0.1, 0.15) is 0 Å². The van der Waals surface area contributed by atoms with Gasteiger partial charge in [-0.05, 0) is 59.7 Å². The van der Waals surface area contributed by atoms with E-state index in [1.54, 1.807) is 29.2 Å². The maximum Gasteiger partial charge on any atom is 0.151 e. The van der Waals surface area contributed by atoms with E-state index in [0.717, 1.165) is 46.6 Å². The molecule has 1 heterocycles. The van der Waals surface area contributed by atoms with Crippen LogP contribution in [0.15, 0.2) is 74.5 Å². The zero-order chi connectivity index (χ0) is 19.5. The lowest BCUT2D eigenvalue weighted by atomic mass is 10.2. The van der Waals surface area contributed by atoms with Crippen LogP contribution in [0.5, 0.6) is 0 Å². The van der Waals surface area contributed by atoms with Crippen LogP contribution in [0, 0.1) is 0 Å². The Morgan fingerprint density at radius 3 is 2.68 bits per heavy atom. The third-order valence-corrected chi connectivity index (χ3v) is 7.29. The molecule has 0 bridgehead atoms. The quantitative estimate of drug-likeness (QED) is 0.200. The molecule has 140 valence electrons. The third-order valence-electron chi connectivity index (χ3n) is 3.94. The van der Waals surface area contributed by atoms with E-state index in [-0.39, 0.29) is 0 Å². The molecule has 0 aliphatic rings. The largest absolute Gasteiger partial charge is 0.256 e. The average Bonchev–Trinajstić information content (AvgIpc) is 3.10. The number of halogens is 3. The number of aromatic nitrogens is 1. The number of rotatable bonds is 5. The molecule has 0 N–H and O–H groups in total. The van der Waals surface area contributed by atoms with Crippen LogP contribution in [0.4, 0.5) is 5.69 Å².